The number of pyridine rings is 1. The molecular formula is C25H23N3O6S. The van der Waals surface area contributed by atoms with Crippen LogP contribution in [0.1, 0.15) is 57.1 Å². The van der Waals surface area contributed by atoms with E-state index < -0.39 is 11.9 Å². The second-order valence-electron chi connectivity index (χ2n) is 8.53. The maximum Gasteiger partial charge on any atom is 0.335 e. The van der Waals surface area contributed by atoms with E-state index in [1.54, 1.807) is 12.3 Å². The van der Waals surface area contributed by atoms with E-state index in [2.05, 4.69) is 10.3 Å². The second kappa shape index (κ2) is 9.47. The Morgan fingerprint density at radius 1 is 1.11 bits per heavy atom. The van der Waals surface area contributed by atoms with E-state index in [0.29, 0.717) is 28.7 Å². The topological polar surface area (TPSA) is 125 Å². The molecule has 0 radical (unpaired) electrons. The minimum atomic E-state index is -1.22. The van der Waals surface area contributed by atoms with Gasteiger partial charge in [0.1, 0.15) is 17.6 Å². The zero-order chi connectivity index (χ0) is 24.5. The number of hydrogen-bond donors (Lipinski definition) is 3. The van der Waals surface area contributed by atoms with E-state index in [0.717, 1.165) is 31.2 Å². The first-order chi connectivity index (χ1) is 16.9. The van der Waals surface area contributed by atoms with Crippen molar-refractivity contribution in [3.8, 4) is 11.3 Å². The van der Waals surface area contributed by atoms with Gasteiger partial charge < -0.3 is 29.6 Å². The van der Waals surface area contributed by atoms with Gasteiger partial charge in [-0.15, -0.1) is 0 Å². The highest BCUT2D eigenvalue weighted by molar-refractivity contribution is 7.80. The molecule has 1 aromatic carbocycles. The van der Waals surface area contributed by atoms with Crippen LogP contribution in [0.5, 0.6) is 0 Å². The van der Waals surface area contributed by atoms with E-state index in [1.165, 1.54) is 12.1 Å². The predicted molar refractivity (Wildman–Crippen MR) is 129 cm³/mol. The molecule has 3 N–H and O–H groups in total. The number of carbonyl (C=O) groups is 2. The molecule has 0 aliphatic carbocycles. The van der Waals surface area contributed by atoms with Crippen LogP contribution < -0.4 is 5.32 Å². The summed E-state index contributed by atoms with van der Waals surface area (Å²) in [6.07, 6.45) is 3.73. The number of carboxylic acid groups (broad SMARTS) is 2. The maximum atomic E-state index is 11.5. The molecule has 9 nitrogen and oxygen atoms in total. The lowest BCUT2D eigenvalue weighted by molar-refractivity contribution is 0.0696. The first-order valence-corrected chi connectivity index (χ1v) is 11.6. The molecule has 180 valence electrons. The van der Waals surface area contributed by atoms with Crippen LogP contribution >= 0.6 is 12.2 Å². The van der Waals surface area contributed by atoms with Crippen LogP contribution in [0.25, 0.3) is 11.3 Å². The Bertz CT molecular complexity index is 1240. The number of rotatable bonds is 7. The number of aromatic nitrogens is 1. The van der Waals surface area contributed by atoms with Crippen molar-refractivity contribution in [1.82, 2.24) is 15.2 Å². The summed E-state index contributed by atoms with van der Waals surface area (Å²) < 4.78 is 12.1. The molecule has 0 spiro atoms. The van der Waals surface area contributed by atoms with Crippen LogP contribution in [0.3, 0.4) is 0 Å². The Hall–Kier alpha value is -3.76. The smallest absolute Gasteiger partial charge is 0.335 e. The molecule has 2 aromatic heterocycles. The Morgan fingerprint density at radius 2 is 1.89 bits per heavy atom. The predicted octanol–water partition coefficient (Wildman–Crippen LogP) is 3.89. The van der Waals surface area contributed by atoms with Gasteiger partial charge in [0.25, 0.3) is 0 Å². The number of nitrogens with one attached hydrogen (secondary N) is 1. The van der Waals surface area contributed by atoms with Crippen molar-refractivity contribution in [1.29, 1.82) is 0 Å². The number of benzene rings is 1. The number of thiocarbonyl (C=S) groups is 1. The summed E-state index contributed by atoms with van der Waals surface area (Å²) >= 11 is 5.68. The third kappa shape index (κ3) is 4.62. The van der Waals surface area contributed by atoms with Gasteiger partial charge >= 0.3 is 11.9 Å². The van der Waals surface area contributed by atoms with Gasteiger partial charge in [-0.1, -0.05) is 6.07 Å². The molecule has 10 heteroatoms. The fourth-order valence-electron chi connectivity index (χ4n) is 4.60. The van der Waals surface area contributed by atoms with Gasteiger partial charge in [0.15, 0.2) is 5.11 Å². The van der Waals surface area contributed by atoms with Gasteiger partial charge in [0.05, 0.1) is 29.0 Å². The van der Waals surface area contributed by atoms with E-state index >= 15 is 0 Å². The molecule has 3 atom stereocenters. The normalized spacial score (nSPS) is 21.8. The Labute approximate surface area is 206 Å². The van der Waals surface area contributed by atoms with Crippen LogP contribution in [0.15, 0.2) is 59.1 Å². The summed E-state index contributed by atoms with van der Waals surface area (Å²) in [5.41, 5.74) is 0.900. The lowest BCUT2D eigenvalue weighted by Gasteiger charge is -2.28. The van der Waals surface area contributed by atoms with Crippen LogP contribution in [0, 0.1) is 0 Å². The fraction of sp³-hybridized carbons (Fsp3) is 0.280. The first-order valence-electron chi connectivity index (χ1n) is 11.2. The third-order valence-corrected chi connectivity index (χ3v) is 6.60. The first kappa shape index (κ1) is 23.0. The second-order valence-corrected chi connectivity index (χ2v) is 8.91. The summed E-state index contributed by atoms with van der Waals surface area (Å²) in [7, 11) is 0. The fourth-order valence-corrected chi connectivity index (χ4v) is 4.92. The molecule has 0 saturated carbocycles. The lowest BCUT2D eigenvalue weighted by atomic mass is 10.0. The zero-order valence-corrected chi connectivity index (χ0v) is 19.4. The lowest BCUT2D eigenvalue weighted by Crippen LogP contribution is -2.36. The van der Waals surface area contributed by atoms with Gasteiger partial charge in [-0.25, -0.2) is 9.59 Å². The van der Waals surface area contributed by atoms with Gasteiger partial charge in [0, 0.05) is 24.9 Å². The molecule has 0 bridgehead atoms. The molecule has 2 fully saturated rings. The molecule has 2 aliphatic heterocycles. The number of aromatic carboxylic acids is 2. The number of nitrogens with zero attached hydrogens (tertiary/aromatic N) is 2. The molecule has 5 rings (SSSR count). The molecule has 2 aliphatic rings. The van der Waals surface area contributed by atoms with E-state index in [4.69, 9.17) is 21.4 Å². The largest absolute Gasteiger partial charge is 0.478 e. The molecule has 0 unspecified atom stereocenters. The summed E-state index contributed by atoms with van der Waals surface area (Å²) in [5, 5.41) is 22.8. The average Bonchev–Trinajstić information content (AvgIpc) is 3.61. The van der Waals surface area contributed by atoms with Gasteiger partial charge in [-0.05, 0) is 67.5 Å². The van der Waals surface area contributed by atoms with Crippen molar-refractivity contribution in [2.45, 2.75) is 31.0 Å². The quantitative estimate of drug-likeness (QED) is 0.417. The molecule has 35 heavy (non-hydrogen) atoms. The number of ether oxygens (including phenoxy) is 1. The van der Waals surface area contributed by atoms with Gasteiger partial charge in [0.2, 0.25) is 0 Å². The van der Waals surface area contributed by atoms with Crippen LogP contribution in [0.4, 0.5) is 0 Å². The van der Waals surface area contributed by atoms with Gasteiger partial charge in [-0.3, -0.25) is 4.98 Å². The summed E-state index contributed by atoms with van der Waals surface area (Å²) in [4.78, 5) is 29.6. The molecule has 0 amide bonds. The average molecular weight is 494 g/mol. The third-order valence-electron chi connectivity index (χ3n) is 6.25. The van der Waals surface area contributed by atoms with Crippen molar-refractivity contribution >= 4 is 29.3 Å². The highest BCUT2D eigenvalue weighted by Gasteiger charge is 2.42. The monoisotopic (exact) mass is 493 g/mol. The van der Waals surface area contributed by atoms with E-state index in [1.807, 2.05) is 29.2 Å². The van der Waals surface area contributed by atoms with Crippen molar-refractivity contribution in [2.24, 2.45) is 0 Å². The standard InChI is InChI=1S/C25H23N3O6S/c29-23(30)15-10-14(11-16(12-15)24(31)32)19-6-7-20(34-19)22-21(18-5-1-2-8-26-18)27-25(35)28(22)13-17-4-3-9-33-17/h1-2,5-8,10-12,17,21-22H,3-4,9,13H2,(H,27,35)(H,29,30)(H,31,32)/t17-,21-,22-/m1/s1. The number of carboxylic acids is 2. The minimum absolute atomic E-state index is 0.0551. The highest BCUT2D eigenvalue weighted by atomic mass is 32.1. The summed E-state index contributed by atoms with van der Waals surface area (Å²) in [5.74, 6) is -1.48. The van der Waals surface area contributed by atoms with Crippen molar-refractivity contribution in [3.05, 3.63) is 77.3 Å². The Balaban J connectivity index is 1.53. The molecule has 3 aromatic rings. The highest BCUT2D eigenvalue weighted by Crippen LogP contribution is 2.41. The van der Waals surface area contributed by atoms with Crippen LogP contribution in [-0.4, -0.2) is 56.4 Å². The van der Waals surface area contributed by atoms with Crippen molar-refractivity contribution in [2.75, 3.05) is 13.2 Å². The van der Waals surface area contributed by atoms with E-state index in [-0.39, 0.29) is 29.3 Å². The Morgan fingerprint density at radius 3 is 2.51 bits per heavy atom. The van der Waals surface area contributed by atoms with Crippen LogP contribution in [0.2, 0.25) is 0 Å². The summed E-state index contributed by atoms with van der Waals surface area (Å²) in [6.45, 7) is 1.32. The molecule has 2 saturated heterocycles. The molecule has 4 heterocycles. The number of hydrogen-bond acceptors (Lipinski definition) is 6. The minimum Gasteiger partial charge on any atom is -0.478 e. The van der Waals surface area contributed by atoms with E-state index in [9.17, 15) is 19.8 Å². The zero-order valence-electron chi connectivity index (χ0n) is 18.6. The SMILES string of the molecule is O=C(O)c1cc(C(=O)O)cc(-c2ccc([C@@H]3[C@@H](c4ccccn4)NC(=S)N3C[C@H]3CCCO3)o2)c1. The molecular weight excluding hydrogens is 470 g/mol. The van der Waals surface area contributed by atoms with Crippen molar-refractivity contribution in [3.63, 3.8) is 0 Å². The van der Waals surface area contributed by atoms with Gasteiger partial charge in [-0.2, -0.15) is 0 Å². The maximum absolute atomic E-state index is 11.5. The Kier molecular flexibility index (Phi) is 6.23. The van der Waals surface area contributed by atoms with Crippen molar-refractivity contribution < 1.29 is 29.0 Å². The summed E-state index contributed by atoms with van der Waals surface area (Å²) in [6, 6.07) is 12.5. The number of furan rings is 1. The van der Waals surface area contributed by atoms with Crippen LogP contribution in [-0.2, 0) is 4.74 Å².